The maximum absolute atomic E-state index is 13.3. The molecule has 1 heterocycles. The van der Waals surface area contributed by atoms with E-state index in [1.54, 1.807) is 42.5 Å². The predicted molar refractivity (Wildman–Crippen MR) is 140 cm³/mol. The summed E-state index contributed by atoms with van der Waals surface area (Å²) in [7, 11) is 0. The van der Waals surface area contributed by atoms with Crippen LogP contribution in [0.5, 0.6) is 5.75 Å². The second kappa shape index (κ2) is 12.7. The van der Waals surface area contributed by atoms with Gasteiger partial charge in [-0.3, -0.25) is 23.5 Å². The largest absolute Gasteiger partial charge is 0.492 e. The third-order valence-corrected chi connectivity index (χ3v) is 5.64. The van der Waals surface area contributed by atoms with Crippen LogP contribution in [-0.4, -0.2) is 34.1 Å². The summed E-state index contributed by atoms with van der Waals surface area (Å²) in [4.78, 5) is 51.2. The van der Waals surface area contributed by atoms with E-state index < -0.39 is 17.2 Å². The highest BCUT2D eigenvalue weighted by Crippen LogP contribution is 2.23. The number of rotatable bonds is 12. The van der Waals surface area contributed by atoms with E-state index in [0.29, 0.717) is 60.7 Å². The van der Waals surface area contributed by atoms with E-state index in [4.69, 9.17) is 4.74 Å². The number of amides is 2. The number of para-hydroxylation sites is 3. The molecule has 192 valence electrons. The number of hydrogen-bond acceptors (Lipinski definition) is 5. The van der Waals surface area contributed by atoms with E-state index >= 15 is 0 Å². The van der Waals surface area contributed by atoms with E-state index in [1.165, 1.54) is 4.57 Å². The number of carbonyl (C=O) groups excluding carboxylic acids is 2. The van der Waals surface area contributed by atoms with Crippen molar-refractivity contribution in [2.45, 2.75) is 53.1 Å². The first-order valence-corrected chi connectivity index (χ1v) is 12.3. The van der Waals surface area contributed by atoms with Gasteiger partial charge in [0.1, 0.15) is 12.3 Å². The number of anilines is 1. The minimum atomic E-state index is -0.559. The molecular formula is C27H34N4O5. The summed E-state index contributed by atoms with van der Waals surface area (Å²) in [5.74, 6) is 0.443. The number of nitrogens with one attached hydrogen (secondary N) is 2. The maximum atomic E-state index is 13.3. The molecule has 0 unspecified atom stereocenters. The topological polar surface area (TPSA) is 111 Å². The summed E-state index contributed by atoms with van der Waals surface area (Å²) in [6, 6.07) is 13.8. The average Bonchev–Trinajstić information content (AvgIpc) is 2.86. The third kappa shape index (κ3) is 6.84. The molecule has 0 saturated carbocycles. The highest BCUT2D eigenvalue weighted by atomic mass is 16.5. The summed E-state index contributed by atoms with van der Waals surface area (Å²) < 4.78 is 8.02. The first-order valence-electron chi connectivity index (χ1n) is 12.3. The van der Waals surface area contributed by atoms with Crippen LogP contribution in [0, 0.1) is 5.92 Å². The first kappa shape index (κ1) is 26.7. The van der Waals surface area contributed by atoms with Crippen molar-refractivity contribution in [3.63, 3.8) is 0 Å². The molecule has 2 amide bonds. The molecule has 0 radical (unpaired) electrons. The van der Waals surface area contributed by atoms with Crippen LogP contribution in [-0.2, 0) is 22.7 Å². The number of unbranched alkanes of at least 4 members (excludes halogenated alkanes) is 1. The number of ether oxygens (including phenoxy) is 1. The zero-order valence-corrected chi connectivity index (χ0v) is 21.1. The SMILES string of the molecule is CCOc1ccccc1NC(=O)Cn1c(=O)n(CCCCC(=O)NCC(C)C)c(=O)c2ccccc21. The van der Waals surface area contributed by atoms with E-state index in [1.807, 2.05) is 26.8 Å². The van der Waals surface area contributed by atoms with Crippen LogP contribution in [0.1, 0.15) is 40.0 Å². The highest BCUT2D eigenvalue weighted by molar-refractivity contribution is 5.93. The Morgan fingerprint density at radius 3 is 2.42 bits per heavy atom. The number of aromatic nitrogens is 2. The lowest BCUT2D eigenvalue weighted by molar-refractivity contribution is -0.121. The fraction of sp³-hybridized carbons (Fsp3) is 0.407. The normalized spacial score (nSPS) is 11.0. The van der Waals surface area contributed by atoms with E-state index in [2.05, 4.69) is 10.6 Å². The van der Waals surface area contributed by atoms with Crippen LogP contribution < -0.4 is 26.6 Å². The molecule has 0 aliphatic heterocycles. The molecule has 0 fully saturated rings. The van der Waals surface area contributed by atoms with Crippen molar-refractivity contribution in [1.82, 2.24) is 14.5 Å². The fourth-order valence-corrected chi connectivity index (χ4v) is 3.87. The quantitative estimate of drug-likeness (QED) is 0.376. The molecule has 2 N–H and O–H groups in total. The Morgan fingerprint density at radius 1 is 0.944 bits per heavy atom. The highest BCUT2D eigenvalue weighted by Gasteiger charge is 2.16. The molecule has 9 heteroatoms. The van der Waals surface area contributed by atoms with Crippen molar-refractivity contribution in [2.24, 2.45) is 5.92 Å². The van der Waals surface area contributed by atoms with E-state index in [9.17, 15) is 19.2 Å². The van der Waals surface area contributed by atoms with Crippen LogP contribution in [0.4, 0.5) is 5.69 Å². The number of carbonyl (C=O) groups is 2. The molecule has 1 aromatic heterocycles. The van der Waals surface area contributed by atoms with Gasteiger partial charge in [-0.15, -0.1) is 0 Å². The smallest absolute Gasteiger partial charge is 0.331 e. The summed E-state index contributed by atoms with van der Waals surface area (Å²) >= 11 is 0. The minimum absolute atomic E-state index is 0.0454. The zero-order chi connectivity index (χ0) is 26.1. The first-order chi connectivity index (χ1) is 17.3. The summed E-state index contributed by atoms with van der Waals surface area (Å²) in [5, 5.41) is 6.02. The van der Waals surface area contributed by atoms with Gasteiger partial charge in [0.15, 0.2) is 0 Å². The Bertz CT molecular complexity index is 1330. The van der Waals surface area contributed by atoms with Crippen LogP contribution >= 0.6 is 0 Å². The van der Waals surface area contributed by atoms with E-state index in [0.717, 1.165) is 4.57 Å². The monoisotopic (exact) mass is 494 g/mol. The average molecular weight is 495 g/mol. The Labute approximate surface area is 210 Å². The maximum Gasteiger partial charge on any atom is 0.331 e. The summed E-state index contributed by atoms with van der Waals surface area (Å²) in [6.45, 7) is 6.86. The predicted octanol–water partition coefficient (Wildman–Crippen LogP) is 3.14. The molecule has 0 saturated heterocycles. The number of fused-ring (bicyclic) bond motifs is 1. The van der Waals surface area contributed by atoms with Crippen molar-refractivity contribution in [3.05, 3.63) is 69.4 Å². The second-order valence-corrected chi connectivity index (χ2v) is 8.98. The summed E-state index contributed by atoms with van der Waals surface area (Å²) in [5.41, 5.74) is -0.0646. The standard InChI is InChI=1S/C27H34N4O5/c1-4-36-23-14-8-6-12-21(23)29-25(33)18-31-22-13-7-5-11-20(22)26(34)30(27(31)35)16-10-9-15-24(32)28-17-19(2)3/h5-8,11-14,19H,4,9-10,15-18H2,1-3H3,(H,28,32)(H,29,33). The lowest BCUT2D eigenvalue weighted by atomic mass is 10.2. The van der Waals surface area contributed by atoms with Crippen molar-refractivity contribution in [3.8, 4) is 5.75 Å². The fourth-order valence-electron chi connectivity index (χ4n) is 3.87. The van der Waals surface area contributed by atoms with Crippen LogP contribution in [0.2, 0.25) is 0 Å². The molecule has 0 spiro atoms. The van der Waals surface area contributed by atoms with Crippen molar-refractivity contribution in [1.29, 1.82) is 0 Å². The van der Waals surface area contributed by atoms with Crippen LogP contribution in [0.25, 0.3) is 10.9 Å². The van der Waals surface area contributed by atoms with Crippen molar-refractivity contribution < 1.29 is 14.3 Å². The van der Waals surface area contributed by atoms with Gasteiger partial charge < -0.3 is 15.4 Å². The van der Waals surface area contributed by atoms with Crippen LogP contribution in [0.15, 0.2) is 58.1 Å². The van der Waals surface area contributed by atoms with Gasteiger partial charge in [0, 0.05) is 19.5 Å². The lowest BCUT2D eigenvalue weighted by Gasteiger charge is -2.15. The Kier molecular flexibility index (Phi) is 9.44. The Hall–Kier alpha value is -3.88. The van der Waals surface area contributed by atoms with Gasteiger partial charge in [0.2, 0.25) is 11.8 Å². The van der Waals surface area contributed by atoms with Crippen molar-refractivity contribution >= 4 is 28.4 Å². The number of hydrogen-bond donors (Lipinski definition) is 2. The van der Waals surface area contributed by atoms with Gasteiger partial charge in [0.25, 0.3) is 5.56 Å². The Balaban J connectivity index is 1.79. The number of benzene rings is 2. The van der Waals surface area contributed by atoms with Gasteiger partial charge in [-0.1, -0.05) is 38.1 Å². The molecule has 0 aliphatic rings. The Morgan fingerprint density at radius 2 is 1.67 bits per heavy atom. The van der Waals surface area contributed by atoms with Crippen molar-refractivity contribution in [2.75, 3.05) is 18.5 Å². The number of nitrogens with zero attached hydrogens (tertiary/aromatic N) is 2. The molecule has 0 atom stereocenters. The van der Waals surface area contributed by atoms with Gasteiger partial charge in [-0.05, 0) is 49.9 Å². The molecule has 0 bridgehead atoms. The molecule has 3 aromatic rings. The van der Waals surface area contributed by atoms with Gasteiger partial charge in [0.05, 0.1) is 23.2 Å². The third-order valence-electron chi connectivity index (χ3n) is 5.64. The molecule has 36 heavy (non-hydrogen) atoms. The van der Waals surface area contributed by atoms with Gasteiger partial charge >= 0.3 is 5.69 Å². The molecule has 3 rings (SSSR count). The molecular weight excluding hydrogens is 460 g/mol. The second-order valence-electron chi connectivity index (χ2n) is 8.98. The molecule has 2 aromatic carbocycles. The van der Waals surface area contributed by atoms with Gasteiger partial charge in [-0.25, -0.2) is 4.79 Å². The van der Waals surface area contributed by atoms with Gasteiger partial charge in [-0.2, -0.15) is 0 Å². The van der Waals surface area contributed by atoms with Crippen LogP contribution in [0.3, 0.4) is 0 Å². The minimum Gasteiger partial charge on any atom is -0.492 e. The lowest BCUT2D eigenvalue weighted by Crippen LogP contribution is -2.41. The molecule has 9 nitrogen and oxygen atoms in total. The van der Waals surface area contributed by atoms with E-state index in [-0.39, 0.29) is 19.0 Å². The zero-order valence-electron chi connectivity index (χ0n) is 21.1. The summed E-state index contributed by atoms with van der Waals surface area (Å²) in [6.07, 6.45) is 1.35. The molecule has 0 aliphatic carbocycles.